The van der Waals surface area contributed by atoms with Gasteiger partial charge in [-0.05, 0) is 24.3 Å². The third-order valence-corrected chi connectivity index (χ3v) is 5.39. The summed E-state index contributed by atoms with van der Waals surface area (Å²) in [6, 6.07) is 19.2. The maximum atomic E-state index is 14.6. The van der Waals surface area contributed by atoms with Gasteiger partial charge in [0, 0.05) is 17.5 Å². The van der Waals surface area contributed by atoms with Crippen molar-refractivity contribution in [3.05, 3.63) is 89.2 Å². The minimum absolute atomic E-state index is 0.159. The summed E-state index contributed by atoms with van der Waals surface area (Å²) in [7, 11) is 1.59. The maximum Gasteiger partial charge on any atom is 0.216 e. The minimum Gasteiger partial charge on any atom is -0.507 e. The monoisotopic (exact) mass is 390 g/mol. The number of hydrazone groups is 1. The Morgan fingerprint density at radius 2 is 1.79 bits per heavy atom. The molecule has 5 nitrogen and oxygen atoms in total. The van der Waals surface area contributed by atoms with Gasteiger partial charge in [0.15, 0.2) is 11.5 Å². The summed E-state index contributed by atoms with van der Waals surface area (Å²) >= 11 is 0. The van der Waals surface area contributed by atoms with Crippen molar-refractivity contribution in [2.45, 2.75) is 18.7 Å². The van der Waals surface area contributed by atoms with Crippen LogP contribution in [-0.4, -0.2) is 22.9 Å². The van der Waals surface area contributed by atoms with E-state index in [1.807, 2.05) is 30.3 Å². The molecule has 0 fully saturated rings. The number of hydrogen-bond donors (Lipinski definition) is 1. The Morgan fingerprint density at radius 3 is 2.59 bits per heavy atom. The van der Waals surface area contributed by atoms with Crippen LogP contribution in [0.4, 0.5) is 4.39 Å². The van der Waals surface area contributed by atoms with Crippen molar-refractivity contribution in [2.75, 3.05) is 7.11 Å². The van der Waals surface area contributed by atoms with Gasteiger partial charge in [0.2, 0.25) is 6.23 Å². The summed E-state index contributed by atoms with van der Waals surface area (Å²) in [5.41, 5.74) is 2.72. The lowest BCUT2D eigenvalue weighted by atomic mass is 9.95. The lowest BCUT2D eigenvalue weighted by Crippen LogP contribution is -2.34. The van der Waals surface area contributed by atoms with Crippen LogP contribution < -0.4 is 9.47 Å². The molecule has 0 radical (unpaired) electrons. The van der Waals surface area contributed by atoms with E-state index in [1.165, 1.54) is 6.07 Å². The maximum absolute atomic E-state index is 14.6. The van der Waals surface area contributed by atoms with Crippen molar-refractivity contribution in [3.8, 4) is 17.2 Å². The number of phenolic OH excluding ortho intramolecular Hbond substituents is 1. The van der Waals surface area contributed by atoms with Crippen LogP contribution in [-0.2, 0) is 0 Å². The highest BCUT2D eigenvalue weighted by molar-refractivity contribution is 6.04. The van der Waals surface area contributed by atoms with E-state index < -0.39 is 6.23 Å². The van der Waals surface area contributed by atoms with Gasteiger partial charge in [-0.2, -0.15) is 5.10 Å². The standard InChI is InChI=1S/C23H19FN2O3/c1-28-21-12-6-9-16-19-13-18(15-8-3-5-11-20(15)27)25-26(19)23(29-22(16)21)14-7-2-4-10-17(14)24/h2-12,19,23,27H,13H2,1H3/t19-,23-/m1/s1. The van der Waals surface area contributed by atoms with Crippen molar-refractivity contribution in [1.82, 2.24) is 5.01 Å². The second kappa shape index (κ2) is 6.81. The number of methoxy groups -OCH3 is 1. The summed E-state index contributed by atoms with van der Waals surface area (Å²) in [6.07, 6.45) is -0.181. The molecule has 146 valence electrons. The molecule has 2 aliphatic rings. The molecule has 2 heterocycles. The van der Waals surface area contributed by atoms with Gasteiger partial charge in [-0.15, -0.1) is 0 Å². The first-order valence-electron chi connectivity index (χ1n) is 9.39. The smallest absolute Gasteiger partial charge is 0.216 e. The molecule has 0 unspecified atom stereocenters. The van der Waals surface area contributed by atoms with Crippen molar-refractivity contribution in [2.24, 2.45) is 5.10 Å². The van der Waals surface area contributed by atoms with Gasteiger partial charge in [0.25, 0.3) is 0 Å². The van der Waals surface area contributed by atoms with Gasteiger partial charge in [0.1, 0.15) is 11.6 Å². The highest BCUT2D eigenvalue weighted by Crippen LogP contribution is 2.51. The molecule has 0 spiro atoms. The molecular formula is C23H19FN2O3. The average molecular weight is 390 g/mol. The van der Waals surface area contributed by atoms with Crippen molar-refractivity contribution < 1.29 is 19.0 Å². The highest BCUT2D eigenvalue weighted by atomic mass is 19.1. The Labute approximate surface area is 167 Å². The second-order valence-electron chi connectivity index (χ2n) is 7.03. The SMILES string of the molecule is COc1cccc2c1O[C@H](c1ccccc1F)N1N=C(c3ccccc3O)C[C@H]21. The molecule has 2 atom stereocenters. The van der Waals surface area contributed by atoms with Gasteiger partial charge >= 0.3 is 0 Å². The fourth-order valence-electron chi connectivity index (χ4n) is 4.01. The third kappa shape index (κ3) is 2.79. The van der Waals surface area contributed by atoms with Gasteiger partial charge in [-0.1, -0.05) is 42.5 Å². The first kappa shape index (κ1) is 17.6. The zero-order valence-corrected chi connectivity index (χ0v) is 15.7. The number of phenols is 1. The number of nitrogens with zero attached hydrogens (tertiary/aromatic N) is 2. The van der Waals surface area contributed by atoms with Crippen LogP contribution in [0, 0.1) is 5.82 Å². The lowest BCUT2D eigenvalue weighted by molar-refractivity contribution is -0.0230. The first-order chi connectivity index (χ1) is 14.2. The van der Waals surface area contributed by atoms with Crippen molar-refractivity contribution in [1.29, 1.82) is 0 Å². The van der Waals surface area contributed by atoms with Crippen LogP contribution >= 0.6 is 0 Å². The van der Waals surface area contributed by atoms with Crippen molar-refractivity contribution >= 4 is 5.71 Å². The molecule has 1 N–H and O–H groups in total. The Bertz CT molecular complexity index is 1110. The number of aromatic hydroxyl groups is 1. The molecule has 3 aromatic carbocycles. The number of para-hydroxylation sites is 2. The molecule has 0 aliphatic carbocycles. The topological polar surface area (TPSA) is 54.3 Å². The summed E-state index contributed by atoms with van der Waals surface area (Å²) in [4.78, 5) is 0. The molecule has 5 rings (SSSR count). The first-order valence-corrected chi connectivity index (χ1v) is 9.39. The summed E-state index contributed by atoms with van der Waals surface area (Å²) in [6.45, 7) is 0. The van der Waals surface area contributed by atoms with Crippen LogP contribution in [0.15, 0.2) is 71.8 Å². The third-order valence-electron chi connectivity index (χ3n) is 5.39. The van der Waals surface area contributed by atoms with E-state index in [9.17, 15) is 9.50 Å². The molecule has 0 amide bonds. The molecule has 0 bridgehead atoms. The van der Waals surface area contributed by atoms with E-state index in [-0.39, 0.29) is 17.6 Å². The highest BCUT2D eigenvalue weighted by Gasteiger charge is 2.43. The lowest BCUT2D eigenvalue weighted by Gasteiger charge is -2.38. The van der Waals surface area contributed by atoms with Gasteiger partial charge in [-0.3, -0.25) is 0 Å². The molecule has 0 aromatic heterocycles. The van der Waals surface area contributed by atoms with Crippen LogP contribution in [0.25, 0.3) is 0 Å². The van der Waals surface area contributed by atoms with E-state index in [4.69, 9.17) is 14.6 Å². The fourth-order valence-corrected chi connectivity index (χ4v) is 4.01. The summed E-state index contributed by atoms with van der Waals surface area (Å²) in [5.74, 6) is 0.999. The molecule has 3 aromatic rings. The van der Waals surface area contributed by atoms with Gasteiger partial charge in [0.05, 0.1) is 24.4 Å². The fraction of sp³-hybridized carbons (Fsp3) is 0.174. The predicted octanol–water partition coefficient (Wildman–Crippen LogP) is 4.78. The van der Waals surface area contributed by atoms with Crippen LogP contribution in [0.5, 0.6) is 17.2 Å². The number of fused-ring (bicyclic) bond motifs is 3. The minimum atomic E-state index is -0.742. The Morgan fingerprint density at radius 1 is 1.03 bits per heavy atom. The number of benzene rings is 3. The Hall–Kier alpha value is -3.54. The predicted molar refractivity (Wildman–Crippen MR) is 107 cm³/mol. The van der Waals surface area contributed by atoms with E-state index in [0.29, 0.717) is 29.0 Å². The quantitative estimate of drug-likeness (QED) is 0.699. The van der Waals surface area contributed by atoms with Crippen LogP contribution in [0.1, 0.15) is 35.4 Å². The molecule has 6 heteroatoms. The Kier molecular flexibility index (Phi) is 4.12. The van der Waals surface area contributed by atoms with E-state index >= 15 is 0 Å². The average Bonchev–Trinajstić information content (AvgIpc) is 3.19. The van der Waals surface area contributed by atoms with Crippen molar-refractivity contribution in [3.63, 3.8) is 0 Å². The number of ether oxygens (including phenoxy) is 2. The normalized spacial score (nSPS) is 19.8. The molecule has 2 aliphatic heterocycles. The molecule has 29 heavy (non-hydrogen) atoms. The van der Waals surface area contributed by atoms with Gasteiger partial charge in [-0.25, -0.2) is 9.40 Å². The van der Waals surface area contributed by atoms with Crippen LogP contribution in [0.2, 0.25) is 0 Å². The zero-order chi connectivity index (χ0) is 20.0. The molecule has 0 saturated carbocycles. The molecular weight excluding hydrogens is 371 g/mol. The number of hydrogen-bond acceptors (Lipinski definition) is 5. The van der Waals surface area contributed by atoms with Crippen LogP contribution in [0.3, 0.4) is 0 Å². The van der Waals surface area contributed by atoms with E-state index in [2.05, 4.69) is 0 Å². The van der Waals surface area contributed by atoms with E-state index in [0.717, 1.165) is 11.3 Å². The Balaban J connectivity index is 1.66. The van der Waals surface area contributed by atoms with E-state index in [1.54, 1.807) is 42.5 Å². The second-order valence-corrected chi connectivity index (χ2v) is 7.03. The summed E-state index contributed by atoms with van der Waals surface area (Å²) < 4.78 is 26.4. The number of rotatable bonds is 3. The largest absolute Gasteiger partial charge is 0.507 e. The zero-order valence-electron chi connectivity index (χ0n) is 15.7. The van der Waals surface area contributed by atoms with Gasteiger partial charge < -0.3 is 14.6 Å². The summed E-state index contributed by atoms with van der Waals surface area (Å²) in [5, 5.41) is 16.8. The molecule has 0 saturated heterocycles. The number of halogens is 1.